The molecule has 8 nitrogen and oxygen atoms in total. The fourth-order valence-electron chi connectivity index (χ4n) is 3.26. The van der Waals surface area contributed by atoms with Gasteiger partial charge in [0, 0.05) is 32.6 Å². The molecule has 1 saturated heterocycles. The summed E-state index contributed by atoms with van der Waals surface area (Å²) in [5.74, 6) is -3.92. The zero-order chi connectivity index (χ0) is 23.4. The van der Waals surface area contributed by atoms with Crippen molar-refractivity contribution in [2.45, 2.75) is 65.3 Å². The van der Waals surface area contributed by atoms with Gasteiger partial charge in [-0.2, -0.15) is 0 Å². The number of hydrogen-bond donors (Lipinski definition) is 2. The number of allylic oxidation sites excluding steroid dienone is 7. The van der Waals surface area contributed by atoms with Crippen LogP contribution in [0.2, 0.25) is 0 Å². The minimum atomic E-state index is -1.58. The molecule has 0 spiro atoms. The number of Topliss-reactive ketones (excluding diaryl/α,β-unsaturated/α-hetero) is 2. The number of aliphatic hydroxyl groups is 2. The van der Waals surface area contributed by atoms with E-state index in [0.29, 0.717) is 12.8 Å². The lowest BCUT2D eigenvalue weighted by atomic mass is 9.76. The Labute approximate surface area is 180 Å². The molecule has 1 aliphatic carbocycles. The number of rotatable bonds is 7. The van der Waals surface area contributed by atoms with Crippen LogP contribution in [0.25, 0.3) is 0 Å². The maximum absolute atomic E-state index is 12.2. The topological polar surface area (TPSA) is 127 Å². The van der Waals surface area contributed by atoms with Crippen LogP contribution in [0.4, 0.5) is 0 Å². The van der Waals surface area contributed by atoms with E-state index in [1.54, 1.807) is 0 Å². The van der Waals surface area contributed by atoms with Crippen molar-refractivity contribution in [2.24, 2.45) is 5.41 Å². The average molecular weight is 432 g/mol. The Morgan fingerprint density at radius 3 is 2.23 bits per heavy atom. The van der Waals surface area contributed by atoms with E-state index in [1.165, 1.54) is 44.2 Å². The standard InChI is InChI=1S/C23H28O8/c1-14(24)17(25)10-11-23(4)30-20(28)16(21(29)31-23)9-7-5-6-8-15-18(26)12-22(2,3)13-19(15)27/h5-9,14,24,26H,10-13H2,1-4H3/b7-5+,8-6+,16-9?. The van der Waals surface area contributed by atoms with Crippen molar-refractivity contribution in [3.8, 4) is 0 Å². The Morgan fingerprint density at radius 1 is 1.06 bits per heavy atom. The summed E-state index contributed by atoms with van der Waals surface area (Å²) in [4.78, 5) is 48.1. The monoisotopic (exact) mass is 432 g/mol. The second-order valence-corrected chi connectivity index (χ2v) is 8.68. The Bertz CT molecular complexity index is 879. The van der Waals surface area contributed by atoms with Crippen molar-refractivity contribution in [2.75, 3.05) is 0 Å². The maximum Gasteiger partial charge on any atom is 0.348 e. The molecule has 1 unspecified atom stereocenters. The third-order valence-corrected chi connectivity index (χ3v) is 4.99. The van der Waals surface area contributed by atoms with E-state index in [0.717, 1.165) is 0 Å². The van der Waals surface area contributed by atoms with Gasteiger partial charge in [0.05, 0.1) is 5.57 Å². The highest BCUT2D eigenvalue weighted by atomic mass is 16.7. The molecule has 8 heteroatoms. The second kappa shape index (κ2) is 9.43. The zero-order valence-electron chi connectivity index (χ0n) is 18.1. The number of aliphatic hydroxyl groups excluding tert-OH is 2. The van der Waals surface area contributed by atoms with Crippen LogP contribution in [0, 0.1) is 5.41 Å². The first-order valence-corrected chi connectivity index (χ1v) is 10.0. The number of carbonyl (C=O) groups excluding carboxylic acids is 4. The molecule has 1 aliphatic heterocycles. The van der Waals surface area contributed by atoms with E-state index in [1.807, 2.05) is 13.8 Å². The normalized spacial score (nSPS) is 25.1. The predicted octanol–water partition coefficient (Wildman–Crippen LogP) is 2.77. The zero-order valence-corrected chi connectivity index (χ0v) is 18.1. The highest BCUT2D eigenvalue weighted by Gasteiger charge is 2.42. The van der Waals surface area contributed by atoms with Gasteiger partial charge in [-0.05, 0) is 24.5 Å². The maximum atomic E-state index is 12.2. The molecule has 0 aromatic heterocycles. The minimum Gasteiger partial charge on any atom is -0.512 e. The lowest BCUT2D eigenvalue weighted by Crippen LogP contribution is -2.44. The third kappa shape index (κ3) is 6.49. The van der Waals surface area contributed by atoms with Crippen LogP contribution >= 0.6 is 0 Å². The molecule has 0 radical (unpaired) electrons. The summed E-state index contributed by atoms with van der Waals surface area (Å²) in [7, 11) is 0. The van der Waals surface area contributed by atoms with Crippen molar-refractivity contribution in [3.63, 3.8) is 0 Å². The van der Waals surface area contributed by atoms with Gasteiger partial charge >= 0.3 is 11.9 Å². The van der Waals surface area contributed by atoms with Gasteiger partial charge in [-0.15, -0.1) is 0 Å². The van der Waals surface area contributed by atoms with Crippen molar-refractivity contribution in [1.82, 2.24) is 0 Å². The van der Waals surface area contributed by atoms with Crippen molar-refractivity contribution < 1.29 is 38.9 Å². The molecule has 1 fully saturated rings. The lowest BCUT2D eigenvalue weighted by molar-refractivity contribution is -0.231. The summed E-state index contributed by atoms with van der Waals surface area (Å²) in [5, 5.41) is 19.3. The van der Waals surface area contributed by atoms with Gasteiger partial charge in [0.2, 0.25) is 0 Å². The average Bonchev–Trinajstić information content (AvgIpc) is 2.62. The first-order chi connectivity index (χ1) is 14.3. The molecule has 2 N–H and O–H groups in total. The molecule has 1 heterocycles. The van der Waals surface area contributed by atoms with Gasteiger partial charge in [0.15, 0.2) is 11.6 Å². The molecular formula is C23H28O8. The van der Waals surface area contributed by atoms with Gasteiger partial charge in [0.1, 0.15) is 17.4 Å². The van der Waals surface area contributed by atoms with Crippen molar-refractivity contribution in [3.05, 3.63) is 47.3 Å². The highest BCUT2D eigenvalue weighted by Crippen LogP contribution is 2.36. The van der Waals surface area contributed by atoms with E-state index < -0.39 is 29.6 Å². The van der Waals surface area contributed by atoms with E-state index in [2.05, 4.69) is 0 Å². The fourth-order valence-corrected chi connectivity index (χ4v) is 3.26. The van der Waals surface area contributed by atoms with Gasteiger partial charge in [0.25, 0.3) is 5.79 Å². The Hall–Kier alpha value is -3.00. The largest absolute Gasteiger partial charge is 0.512 e. The Kier molecular flexibility index (Phi) is 7.38. The first kappa shape index (κ1) is 24.3. The van der Waals surface area contributed by atoms with E-state index in [9.17, 15) is 29.4 Å². The molecular weight excluding hydrogens is 404 g/mol. The molecule has 0 bridgehead atoms. The molecule has 2 aliphatic rings. The summed E-state index contributed by atoms with van der Waals surface area (Å²) in [6, 6.07) is 0. The fraction of sp³-hybridized carbons (Fsp3) is 0.478. The van der Waals surface area contributed by atoms with Crippen LogP contribution in [0.3, 0.4) is 0 Å². The quantitative estimate of drug-likeness (QED) is 0.272. The summed E-state index contributed by atoms with van der Waals surface area (Å²) in [6.07, 6.45) is 6.53. The van der Waals surface area contributed by atoms with Crippen molar-refractivity contribution in [1.29, 1.82) is 0 Å². The molecule has 0 aromatic rings. The molecule has 2 rings (SSSR count). The number of esters is 2. The van der Waals surface area contributed by atoms with E-state index >= 15 is 0 Å². The number of ketones is 2. The van der Waals surface area contributed by atoms with Crippen LogP contribution in [-0.4, -0.2) is 45.6 Å². The molecule has 1 atom stereocenters. The van der Waals surface area contributed by atoms with Crippen LogP contribution in [0.5, 0.6) is 0 Å². The van der Waals surface area contributed by atoms with Crippen LogP contribution in [0.15, 0.2) is 47.3 Å². The SMILES string of the molecule is CC(O)C(=O)CCC1(C)OC(=O)C(=C/C=C/C=C/C2=C(O)CC(C)(C)CC2=O)C(=O)O1. The molecule has 0 amide bonds. The summed E-state index contributed by atoms with van der Waals surface area (Å²) < 4.78 is 10.3. The van der Waals surface area contributed by atoms with Gasteiger partial charge in [-0.1, -0.05) is 32.1 Å². The van der Waals surface area contributed by atoms with E-state index in [4.69, 9.17) is 9.47 Å². The predicted molar refractivity (Wildman–Crippen MR) is 111 cm³/mol. The van der Waals surface area contributed by atoms with Gasteiger partial charge < -0.3 is 19.7 Å². The molecule has 0 aromatic carbocycles. The van der Waals surface area contributed by atoms with Crippen LogP contribution in [-0.2, 0) is 28.7 Å². The number of hydrogen-bond acceptors (Lipinski definition) is 8. The van der Waals surface area contributed by atoms with Crippen LogP contribution < -0.4 is 0 Å². The highest BCUT2D eigenvalue weighted by molar-refractivity contribution is 6.15. The summed E-state index contributed by atoms with van der Waals surface area (Å²) in [6.45, 7) is 6.52. The number of carbonyl (C=O) groups is 4. The number of cyclic esters (lactones) is 2. The third-order valence-electron chi connectivity index (χ3n) is 4.99. The van der Waals surface area contributed by atoms with Gasteiger partial charge in [-0.3, -0.25) is 9.59 Å². The Balaban J connectivity index is 2.01. The summed E-state index contributed by atoms with van der Waals surface area (Å²) in [5.41, 5.74) is -0.351. The molecule has 168 valence electrons. The summed E-state index contributed by atoms with van der Waals surface area (Å²) >= 11 is 0. The number of ether oxygens (including phenoxy) is 2. The molecule has 0 saturated carbocycles. The van der Waals surface area contributed by atoms with E-state index in [-0.39, 0.29) is 40.9 Å². The first-order valence-electron chi connectivity index (χ1n) is 10.0. The van der Waals surface area contributed by atoms with Crippen molar-refractivity contribution >= 4 is 23.5 Å². The smallest absolute Gasteiger partial charge is 0.348 e. The second-order valence-electron chi connectivity index (χ2n) is 8.68. The minimum absolute atomic E-state index is 0.0389. The van der Waals surface area contributed by atoms with Gasteiger partial charge in [-0.25, -0.2) is 9.59 Å². The molecule has 31 heavy (non-hydrogen) atoms. The van der Waals surface area contributed by atoms with Crippen LogP contribution in [0.1, 0.15) is 53.4 Å². The Morgan fingerprint density at radius 2 is 1.68 bits per heavy atom. The lowest BCUT2D eigenvalue weighted by Gasteiger charge is -2.33.